The molecule has 0 amide bonds. The van der Waals surface area contributed by atoms with Gasteiger partial charge in [0, 0.05) is 22.6 Å². The first-order valence-corrected chi connectivity index (χ1v) is 7.06. The summed E-state index contributed by atoms with van der Waals surface area (Å²) in [7, 11) is 0. The molecule has 1 atom stereocenters. The van der Waals surface area contributed by atoms with Crippen LogP contribution in [0.5, 0.6) is 0 Å². The maximum atomic E-state index is 6.22. The Morgan fingerprint density at radius 3 is 2.58 bits per heavy atom. The van der Waals surface area contributed by atoms with Crippen LogP contribution >= 0.6 is 23.2 Å². The van der Waals surface area contributed by atoms with Gasteiger partial charge >= 0.3 is 0 Å². The van der Waals surface area contributed by atoms with E-state index in [9.17, 15) is 0 Å². The van der Waals surface area contributed by atoms with Crippen molar-refractivity contribution in [2.75, 3.05) is 0 Å². The van der Waals surface area contributed by atoms with Gasteiger partial charge in [0.2, 0.25) is 0 Å². The summed E-state index contributed by atoms with van der Waals surface area (Å²) in [6.45, 7) is 4.90. The molecule has 0 aliphatic heterocycles. The first-order valence-electron chi connectivity index (χ1n) is 6.30. The normalized spacial score (nSPS) is 12.4. The first-order chi connectivity index (χ1) is 9.06. The molecule has 0 saturated heterocycles. The number of halogens is 2. The number of nitrogens with one attached hydrogen (secondary N) is 1. The van der Waals surface area contributed by atoms with Gasteiger partial charge in [0.25, 0.3) is 0 Å². The average molecular weight is 294 g/mol. The minimum absolute atomic E-state index is 0.232. The highest BCUT2D eigenvalue weighted by molar-refractivity contribution is 6.31. The van der Waals surface area contributed by atoms with E-state index in [1.165, 1.54) is 11.1 Å². The highest BCUT2D eigenvalue weighted by atomic mass is 35.5. The van der Waals surface area contributed by atoms with Gasteiger partial charge in [-0.25, -0.2) is 0 Å². The molecule has 0 aliphatic rings. The highest BCUT2D eigenvalue weighted by Gasteiger charge is 2.07. The van der Waals surface area contributed by atoms with Gasteiger partial charge in [0.1, 0.15) is 0 Å². The number of hydrogen-bond acceptors (Lipinski definition) is 1. The van der Waals surface area contributed by atoms with E-state index in [4.69, 9.17) is 23.2 Å². The van der Waals surface area contributed by atoms with Crippen molar-refractivity contribution < 1.29 is 0 Å². The van der Waals surface area contributed by atoms with Crippen molar-refractivity contribution in [3.63, 3.8) is 0 Å². The second kappa shape index (κ2) is 6.42. The second-order valence-corrected chi connectivity index (χ2v) is 5.60. The molecule has 0 bridgehead atoms. The smallest absolute Gasteiger partial charge is 0.0453 e. The zero-order valence-electron chi connectivity index (χ0n) is 11.1. The molecule has 0 saturated carbocycles. The molecule has 1 nitrogen and oxygen atoms in total. The van der Waals surface area contributed by atoms with E-state index in [-0.39, 0.29) is 6.04 Å². The molecular weight excluding hydrogens is 277 g/mol. The van der Waals surface area contributed by atoms with Gasteiger partial charge < -0.3 is 5.32 Å². The molecule has 0 spiro atoms. The minimum Gasteiger partial charge on any atom is -0.306 e. The number of rotatable bonds is 4. The Hall–Kier alpha value is -1.02. The number of hydrogen-bond donors (Lipinski definition) is 1. The molecule has 100 valence electrons. The lowest BCUT2D eigenvalue weighted by atomic mass is 10.1. The third-order valence-corrected chi connectivity index (χ3v) is 3.74. The largest absolute Gasteiger partial charge is 0.306 e. The second-order valence-electron chi connectivity index (χ2n) is 4.75. The van der Waals surface area contributed by atoms with E-state index in [0.29, 0.717) is 0 Å². The summed E-state index contributed by atoms with van der Waals surface area (Å²) in [6, 6.07) is 14.3. The molecule has 1 N–H and O–H groups in total. The molecule has 0 aromatic heterocycles. The Morgan fingerprint density at radius 2 is 1.89 bits per heavy atom. The van der Waals surface area contributed by atoms with Crippen LogP contribution in [-0.4, -0.2) is 0 Å². The topological polar surface area (TPSA) is 12.0 Å². The molecule has 19 heavy (non-hydrogen) atoms. The van der Waals surface area contributed by atoms with Crippen LogP contribution in [0.25, 0.3) is 0 Å². The summed E-state index contributed by atoms with van der Waals surface area (Å²) in [5.41, 5.74) is 3.47. The summed E-state index contributed by atoms with van der Waals surface area (Å²) in [4.78, 5) is 0. The van der Waals surface area contributed by atoms with Crippen LogP contribution in [0.3, 0.4) is 0 Å². The molecule has 3 heteroatoms. The van der Waals surface area contributed by atoms with Crippen molar-refractivity contribution in [3.05, 3.63) is 69.2 Å². The molecule has 2 aromatic rings. The van der Waals surface area contributed by atoms with Crippen LogP contribution in [0.2, 0.25) is 10.0 Å². The van der Waals surface area contributed by atoms with Crippen LogP contribution in [-0.2, 0) is 6.54 Å². The van der Waals surface area contributed by atoms with Crippen LogP contribution in [0.4, 0.5) is 0 Å². The third-order valence-electron chi connectivity index (χ3n) is 3.16. The monoisotopic (exact) mass is 293 g/mol. The van der Waals surface area contributed by atoms with Gasteiger partial charge in [0.15, 0.2) is 0 Å². The van der Waals surface area contributed by atoms with Crippen molar-refractivity contribution in [3.8, 4) is 0 Å². The molecule has 0 aliphatic carbocycles. The van der Waals surface area contributed by atoms with Crippen LogP contribution < -0.4 is 5.32 Å². The average Bonchev–Trinajstić information content (AvgIpc) is 2.37. The maximum Gasteiger partial charge on any atom is 0.0453 e. The Balaban J connectivity index is 2.02. The van der Waals surface area contributed by atoms with Crippen molar-refractivity contribution in [1.29, 1.82) is 0 Å². The van der Waals surface area contributed by atoms with Gasteiger partial charge in [-0.2, -0.15) is 0 Å². The van der Waals surface area contributed by atoms with Crippen LogP contribution in [0, 0.1) is 6.92 Å². The minimum atomic E-state index is 0.232. The van der Waals surface area contributed by atoms with Gasteiger partial charge in [-0.3, -0.25) is 0 Å². The third kappa shape index (κ3) is 3.97. The Morgan fingerprint density at radius 1 is 1.11 bits per heavy atom. The predicted molar refractivity (Wildman–Crippen MR) is 82.9 cm³/mol. The highest BCUT2D eigenvalue weighted by Crippen LogP contribution is 2.20. The molecule has 0 radical (unpaired) electrons. The lowest BCUT2D eigenvalue weighted by Gasteiger charge is -2.15. The SMILES string of the molecule is Cc1ccc(CN[C@H](C)c2cccc(Cl)c2)c(Cl)c1. The zero-order chi connectivity index (χ0) is 13.8. The van der Waals surface area contributed by atoms with Crippen LogP contribution in [0.15, 0.2) is 42.5 Å². The van der Waals surface area contributed by atoms with Crippen molar-refractivity contribution in [2.24, 2.45) is 0 Å². The fraction of sp³-hybridized carbons (Fsp3) is 0.250. The van der Waals surface area contributed by atoms with Gasteiger partial charge in [-0.05, 0) is 48.7 Å². The fourth-order valence-electron chi connectivity index (χ4n) is 1.95. The molecule has 2 aromatic carbocycles. The Labute approximate surface area is 124 Å². The van der Waals surface area contributed by atoms with Gasteiger partial charge in [0.05, 0.1) is 0 Å². The quantitative estimate of drug-likeness (QED) is 0.822. The number of aryl methyl sites for hydroxylation is 1. The Kier molecular flexibility index (Phi) is 4.87. The first kappa shape index (κ1) is 14.4. The van der Waals surface area contributed by atoms with Crippen molar-refractivity contribution in [2.45, 2.75) is 26.4 Å². The maximum absolute atomic E-state index is 6.22. The molecular formula is C16H17Cl2N. The van der Waals surface area contributed by atoms with Crippen molar-refractivity contribution >= 4 is 23.2 Å². The van der Waals surface area contributed by atoms with Gasteiger partial charge in [-0.1, -0.05) is 47.5 Å². The van der Waals surface area contributed by atoms with E-state index < -0.39 is 0 Å². The summed E-state index contributed by atoms with van der Waals surface area (Å²) in [6.07, 6.45) is 0. The molecule has 0 unspecified atom stereocenters. The summed E-state index contributed by atoms with van der Waals surface area (Å²) in [5, 5.41) is 5.03. The van der Waals surface area contributed by atoms with E-state index in [0.717, 1.165) is 22.2 Å². The van der Waals surface area contributed by atoms with E-state index in [1.807, 2.05) is 31.2 Å². The lowest BCUT2D eigenvalue weighted by Crippen LogP contribution is -2.18. The summed E-state index contributed by atoms with van der Waals surface area (Å²) in [5.74, 6) is 0. The predicted octanol–water partition coefficient (Wildman–Crippen LogP) is 5.15. The number of benzene rings is 2. The van der Waals surface area contributed by atoms with E-state index in [2.05, 4.69) is 30.4 Å². The molecule has 0 fully saturated rings. The Bertz CT molecular complexity index is 566. The van der Waals surface area contributed by atoms with Crippen molar-refractivity contribution in [1.82, 2.24) is 5.32 Å². The fourth-order valence-corrected chi connectivity index (χ4v) is 2.45. The van der Waals surface area contributed by atoms with E-state index >= 15 is 0 Å². The lowest BCUT2D eigenvalue weighted by molar-refractivity contribution is 0.575. The van der Waals surface area contributed by atoms with E-state index in [1.54, 1.807) is 0 Å². The summed E-state index contributed by atoms with van der Waals surface area (Å²) < 4.78 is 0. The summed E-state index contributed by atoms with van der Waals surface area (Å²) >= 11 is 12.2. The standard InChI is InChI=1S/C16H17Cl2N/c1-11-6-7-14(16(18)8-11)10-19-12(2)13-4-3-5-15(17)9-13/h3-9,12,19H,10H2,1-2H3/t12-/m1/s1. The molecule has 0 heterocycles. The molecule has 2 rings (SSSR count). The zero-order valence-corrected chi connectivity index (χ0v) is 12.6. The van der Waals surface area contributed by atoms with Gasteiger partial charge in [-0.15, -0.1) is 0 Å². The van der Waals surface area contributed by atoms with Crippen LogP contribution in [0.1, 0.15) is 29.7 Å².